The summed E-state index contributed by atoms with van der Waals surface area (Å²) in [6.07, 6.45) is 3.46. The average Bonchev–Trinajstić information content (AvgIpc) is 3.03. The topological polar surface area (TPSA) is 67.2 Å². The zero-order valence-electron chi connectivity index (χ0n) is 16.5. The largest absolute Gasteiger partial charge is 0.337 e. The number of hydrogen-bond donors (Lipinski definition) is 0. The number of carbonyl (C=O) groups excluding carboxylic acids is 1. The molecule has 150 valence electrons. The fraction of sp³-hybridized carbons (Fsp3) is 0.333. The standard InChI is InChI=1S/C21H23ClN6O/c1-15-4-6-17(7-5-15)14-28-19(22)18(16(2)25-28)20(29)26-10-12-27(13-11-26)21-23-8-3-9-24-21/h3-9H,10-14H2,1-2H3. The number of piperazine rings is 1. The van der Waals surface area contributed by atoms with Gasteiger partial charge >= 0.3 is 0 Å². The van der Waals surface area contributed by atoms with Gasteiger partial charge in [-0.15, -0.1) is 0 Å². The van der Waals surface area contributed by atoms with E-state index in [0.717, 1.165) is 5.56 Å². The van der Waals surface area contributed by atoms with Gasteiger partial charge in [0.2, 0.25) is 5.95 Å². The second-order valence-electron chi connectivity index (χ2n) is 7.22. The van der Waals surface area contributed by atoms with Gasteiger partial charge in [-0.25, -0.2) is 14.6 Å². The van der Waals surface area contributed by atoms with Gasteiger partial charge in [0.15, 0.2) is 0 Å². The van der Waals surface area contributed by atoms with E-state index >= 15 is 0 Å². The Kier molecular flexibility index (Phi) is 5.49. The molecule has 0 spiro atoms. The lowest BCUT2D eigenvalue weighted by molar-refractivity contribution is 0.0745. The Morgan fingerprint density at radius 2 is 1.69 bits per heavy atom. The van der Waals surface area contributed by atoms with Gasteiger partial charge in [-0.05, 0) is 25.5 Å². The number of halogens is 1. The third kappa shape index (κ3) is 4.10. The number of hydrogen-bond acceptors (Lipinski definition) is 5. The first kappa shape index (κ1) is 19.4. The van der Waals surface area contributed by atoms with Crippen LogP contribution >= 0.6 is 11.6 Å². The molecule has 29 heavy (non-hydrogen) atoms. The molecular formula is C21H23ClN6O. The molecule has 2 aromatic heterocycles. The Labute approximate surface area is 174 Å². The number of benzene rings is 1. The van der Waals surface area contributed by atoms with Gasteiger partial charge in [-0.3, -0.25) is 4.79 Å². The summed E-state index contributed by atoms with van der Waals surface area (Å²) in [4.78, 5) is 25.6. The first-order valence-electron chi connectivity index (χ1n) is 9.62. The fourth-order valence-electron chi connectivity index (χ4n) is 3.49. The maximum atomic E-state index is 13.1. The highest BCUT2D eigenvalue weighted by Gasteiger charge is 2.28. The average molecular weight is 411 g/mol. The molecule has 1 aliphatic rings. The first-order chi connectivity index (χ1) is 14.0. The monoisotopic (exact) mass is 410 g/mol. The predicted molar refractivity (Wildman–Crippen MR) is 112 cm³/mol. The van der Waals surface area contributed by atoms with Crippen LogP contribution < -0.4 is 4.90 Å². The van der Waals surface area contributed by atoms with Crippen molar-refractivity contribution in [1.82, 2.24) is 24.6 Å². The van der Waals surface area contributed by atoms with Crippen LogP contribution in [0.4, 0.5) is 5.95 Å². The second kappa shape index (κ2) is 8.21. The third-order valence-electron chi connectivity index (χ3n) is 5.13. The predicted octanol–water partition coefficient (Wildman–Crippen LogP) is 2.95. The van der Waals surface area contributed by atoms with Crippen LogP contribution in [0, 0.1) is 13.8 Å². The highest BCUT2D eigenvalue weighted by Crippen LogP contribution is 2.24. The summed E-state index contributed by atoms with van der Waals surface area (Å²) in [7, 11) is 0. The number of amides is 1. The number of aryl methyl sites for hydroxylation is 2. The molecule has 0 radical (unpaired) electrons. The van der Waals surface area contributed by atoms with Crippen LogP contribution in [-0.4, -0.2) is 56.7 Å². The van der Waals surface area contributed by atoms with Crippen LogP contribution in [0.1, 0.15) is 27.2 Å². The number of anilines is 1. The molecule has 0 unspecified atom stereocenters. The van der Waals surface area contributed by atoms with E-state index in [-0.39, 0.29) is 5.91 Å². The molecule has 7 nitrogen and oxygen atoms in total. The smallest absolute Gasteiger partial charge is 0.259 e. The molecule has 0 atom stereocenters. The molecule has 4 rings (SSSR count). The number of nitrogens with zero attached hydrogens (tertiary/aromatic N) is 6. The van der Waals surface area contributed by atoms with Gasteiger partial charge in [0.1, 0.15) is 5.15 Å². The molecule has 0 bridgehead atoms. The van der Waals surface area contributed by atoms with Gasteiger partial charge < -0.3 is 9.80 Å². The van der Waals surface area contributed by atoms with E-state index < -0.39 is 0 Å². The molecule has 3 aromatic rings. The maximum Gasteiger partial charge on any atom is 0.259 e. The van der Waals surface area contributed by atoms with E-state index in [1.54, 1.807) is 23.1 Å². The van der Waals surface area contributed by atoms with E-state index in [0.29, 0.717) is 55.1 Å². The van der Waals surface area contributed by atoms with Crippen molar-refractivity contribution in [1.29, 1.82) is 0 Å². The highest BCUT2D eigenvalue weighted by molar-refractivity contribution is 6.33. The summed E-state index contributed by atoms with van der Waals surface area (Å²) >= 11 is 6.57. The van der Waals surface area contributed by atoms with Crippen molar-refractivity contribution in [3.05, 3.63) is 70.3 Å². The van der Waals surface area contributed by atoms with Gasteiger partial charge in [-0.1, -0.05) is 41.4 Å². The van der Waals surface area contributed by atoms with E-state index in [1.165, 1.54) is 5.56 Å². The normalized spacial score (nSPS) is 14.3. The van der Waals surface area contributed by atoms with Crippen LogP contribution in [-0.2, 0) is 6.54 Å². The lowest BCUT2D eigenvalue weighted by Crippen LogP contribution is -2.49. The van der Waals surface area contributed by atoms with Gasteiger partial charge in [-0.2, -0.15) is 5.10 Å². The molecule has 0 aliphatic carbocycles. The number of carbonyl (C=O) groups is 1. The van der Waals surface area contributed by atoms with Crippen molar-refractivity contribution in [2.24, 2.45) is 0 Å². The van der Waals surface area contributed by atoms with Crippen LogP contribution in [0.15, 0.2) is 42.7 Å². The molecule has 0 N–H and O–H groups in total. The zero-order valence-corrected chi connectivity index (χ0v) is 17.3. The minimum absolute atomic E-state index is 0.0729. The van der Waals surface area contributed by atoms with Gasteiger partial charge in [0.25, 0.3) is 5.91 Å². The van der Waals surface area contributed by atoms with Crippen LogP contribution in [0.5, 0.6) is 0 Å². The van der Waals surface area contributed by atoms with Crippen molar-refractivity contribution >= 4 is 23.5 Å². The Morgan fingerprint density at radius 3 is 2.34 bits per heavy atom. The van der Waals surface area contributed by atoms with E-state index in [4.69, 9.17) is 11.6 Å². The number of aromatic nitrogens is 4. The van der Waals surface area contributed by atoms with Crippen LogP contribution in [0.2, 0.25) is 5.15 Å². The molecule has 1 fully saturated rings. The summed E-state index contributed by atoms with van der Waals surface area (Å²) in [6, 6.07) is 10.0. The van der Waals surface area contributed by atoms with Crippen LogP contribution in [0.3, 0.4) is 0 Å². The Hall–Kier alpha value is -2.93. The summed E-state index contributed by atoms with van der Waals surface area (Å²) in [5.41, 5.74) is 3.44. The maximum absolute atomic E-state index is 13.1. The van der Waals surface area contributed by atoms with Crippen molar-refractivity contribution in [3.8, 4) is 0 Å². The molecule has 0 saturated carbocycles. The van der Waals surface area contributed by atoms with Crippen molar-refractivity contribution in [2.45, 2.75) is 20.4 Å². The van der Waals surface area contributed by atoms with Crippen molar-refractivity contribution in [3.63, 3.8) is 0 Å². The summed E-state index contributed by atoms with van der Waals surface area (Å²) in [5.74, 6) is 0.621. The molecule has 3 heterocycles. The third-order valence-corrected chi connectivity index (χ3v) is 5.52. The quantitative estimate of drug-likeness (QED) is 0.661. The Balaban J connectivity index is 1.46. The SMILES string of the molecule is Cc1ccc(Cn2nc(C)c(C(=O)N3CCN(c4ncccn4)CC3)c2Cl)cc1. The van der Waals surface area contributed by atoms with E-state index in [1.807, 2.05) is 11.8 Å². The van der Waals surface area contributed by atoms with Gasteiger partial charge in [0.05, 0.1) is 17.8 Å². The fourth-order valence-corrected chi connectivity index (χ4v) is 3.80. The zero-order chi connectivity index (χ0) is 20.4. The van der Waals surface area contributed by atoms with E-state index in [2.05, 4.69) is 51.2 Å². The van der Waals surface area contributed by atoms with Crippen molar-refractivity contribution in [2.75, 3.05) is 31.1 Å². The molecule has 1 saturated heterocycles. The number of rotatable bonds is 4. The van der Waals surface area contributed by atoms with Crippen molar-refractivity contribution < 1.29 is 4.79 Å². The molecule has 1 amide bonds. The minimum Gasteiger partial charge on any atom is -0.337 e. The second-order valence-corrected chi connectivity index (χ2v) is 7.58. The summed E-state index contributed by atoms with van der Waals surface area (Å²) in [6.45, 7) is 6.97. The lowest BCUT2D eigenvalue weighted by Gasteiger charge is -2.34. The minimum atomic E-state index is -0.0729. The van der Waals surface area contributed by atoms with Gasteiger partial charge in [0, 0.05) is 38.6 Å². The molecule has 1 aliphatic heterocycles. The molecular weight excluding hydrogens is 388 g/mol. The Bertz CT molecular complexity index is 994. The Morgan fingerprint density at radius 1 is 1.03 bits per heavy atom. The molecule has 1 aromatic carbocycles. The summed E-state index contributed by atoms with van der Waals surface area (Å²) < 4.78 is 1.70. The summed E-state index contributed by atoms with van der Waals surface area (Å²) in [5, 5.41) is 4.90. The van der Waals surface area contributed by atoms with E-state index in [9.17, 15) is 4.79 Å². The lowest BCUT2D eigenvalue weighted by atomic mass is 10.1. The highest BCUT2D eigenvalue weighted by atomic mass is 35.5. The van der Waals surface area contributed by atoms with Crippen LogP contribution in [0.25, 0.3) is 0 Å². The molecule has 8 heteroatoms. The first-order valence-corrected chi connectivity index (χ1v) is 10.0.